The van der Waals surface area contributed by atoms with Crippen LogP contribution in [-0.4, -0.2) is 27.5 Å². The Bertz CT molecular complexity index is 1400. The Hall–Kier alpha value is -3.80. The van der Waals surface area contributed by atoms with E-state index in [4.69, 9.17) is 11.6 Å². The van der Waals surface area contributed by atoms with Gasteiger partial charge in [-0.3, -0.25) is 4.79 Å². The summed E-state index contributed by atoms with van der Waals surface area (Å²) < 4.78 is 0. The molecule has 0 spiro atoms. The van der Waals surface area contributed by atoms with Crippen LogP contribution in [-0.2, 0) is 6.42 Å². The van der Waals surface area contributed by atoms with E-state index in [2.05, 4.69) is 20.5 Å². The average molecular weight is 467 g/mol. The second kappa shape index (κ2) is 10.00. The quantitative estimate of drug-likeness (QED) is 0.274. The monoisotopic (exact) mass is 466 g/mol. The van der Waals surface area contributed by atoms with Crippen molar-refractivity contribution in [3.05, 3.63) is 119 Å². The van der Waals surface area contributed by atoms with Gasteiger partial charge in [-0.25, -0.2) is 0 Å². The maximum Gasteiger partial charge on any atom is 0.186 e. The van der Waals surface area contributed by atoms with E-state index in [0.717, 1.165) is 39.2 Å². The molecule has 0 unspecified atom stereocenters. The van der Waals surface area contributed by atoms with Crippen molar-refractivity contribution in [2.24, 2.45) is 0 Å². The van der Waals surface area contributed by atoms with Crippen LogP contribution in [0.4, 0.5) is 0 Å². The maximum absolute atomic E-state index is 13.7. The van der Waals surface area contributed by atoms with Crippen LogP contribution in [0, 0.1) is 0 Å². The Morgan fingerprint density at radius 1 is 0.971 bits per heavy atom. The minimum absolute atomic E-state index is 0.0285. The molecule has 6 heteroatoms. The Balaban J connectivity index is 1.40. The zero-order valence-corrected chi connectivity index (χ0v) is 19.2. The van der Waals surface area contributed by atoms with Gasteiger partial charge in [0.25, 0.3) is 0 Å². The summed E-state index contributed by atoms with van der Waals surface area (Å²) in [6, 6.07) is 26.9. The average Bonchev–Trinajstić information content (AvgIpc) is 3.32. The second-order valence-corrected chi connectivity index (χ2v) is 8.55. The highest BCUT2D eigenvalue weighted by Gasteiger charge is 2.24. The SMILES string of the molecule is O=C(c1c[nH]c2cc(-c3cccnn3)ccc12)[C@@H](NCCc1ccc(Cl)cc1)c1ccccc1. The number of halogens is 1. The van der Waals surface area contributed by atoms with Gasteiger partial charge in [-0.05, 0) is 47.9 Å². The van der Waals surface area contributed by atoms with Crippen molar-refractivity contribution in [2.75, 3.05) is 6.54 Å². The zero-order valence-electron chi connectivity index (χ0n) is 18.4. The predicted octanol–water partition coefficient (Wildman–Crippen LogP) is 6.03. The third kappa shape index (κ3) is 4.76. The van der Waals surface area contributed by atoms with E-state index in [1.807, 2.05) is 84.9 Å². The lowest BCUT2D eigenvalue weighted by Gasteiger charge is -2.18. The molecule has 0 saturated heterocycles. The molecule has 0 radical (unpaired) electrons. The van der Waals surface area contributed by atoms with Gasteiger partial charge < -0.3 is 10.3 Å². The third-order valence-corrected chi connectivity index (χ3v) is 6.14. The molecule has 2 N–H and O–H groups in total. The molecule has 5 aromatic rings. The number of H-pyrrole nitrogens is 1. The van der Waals surface area contributed by atoms with Crippen LogP contribution in [0.15, 0.2) is 97.3 Å². The first-order valence-corrected chi connectivity index (χ1v) is 11.5. The molecule has 5 rings (SSSR count). The highest BCUT2D eigenvalue weighted by molar-refractivity contribution is 6.30. The number of carbonyl (C=O) groups excluding carboxylic acids is 1. The summed E-state index contributed by atoms with van der Waals surface area (Å²) in [4.78, 5) is 17.0. The van der Waals surface area contributed by atoms with Crippen molar-refractivity contribution >= 4 is 28.3 Å². The molecule has 2 heterocycles. The Kier molecular flexibility index (Phi) is 6.47. The topological polar surface area (TPSA) is 70.7 Å². The summed E-state index contributed by atoms with van der Waals surface area (Å²) >= 11 is 6.00. The Labute approximate surface area is 202 Å². The van der Waals surface area contributed by atoms with E-state index >= 15 is 0 Å². The van der Waals surface area contributed by atoms with Crippen LogP contribution in [0.3, 0.4) is 0 Å². The number of aromatic amines is 1. The van der Waals surface area contributed by atoms with Crippen LogP contribution in [0.5, 0.6) is 0 Å². The molecule has 1 atom stereocenters. The summed E-state index contributed by atoms with van der Waals surface area (Å²) in [5.74, 6) is 0.0285. The number of ketones is 1. The van der Waals surface area contributed by atoms with Gasteiger partial charge in [0.15, 0.2) is 5.78 Å². The molecule has 0 aliphatic heterocycles. The summed E-state index contributed by atoms with van der Waals surface area (Å²) in [5.41, 5.74) is 5.39. The van der Waals surface area contributed by atoms with Crippen LogP contribution in [0.25, 0.3) is 22.2 Å². The lowest BCUT2D eigenvalue weighted by Crippen LogP contribution is -2.30. The lowest BCUT2D eigenvalue weighted by atomic mass is 9.96. The third-order valence-electron chi connectivity index (χ3n) is 5.89. The molecule has 168 valence electrons. The first-order valence-electron chi connectivity index (χ1n) is 11.2. The minimum Gasteiger partial charge on any atom is -0.360 e. The Morgan fingerprint density at radius 2 is 1.79 bits per heavy atom. The summed E-state index contributed by atoms with van der Waals surface area (Å²) in [6.07, 6.45) is 4.24. The molecule has 0 aliphatic rings. The van der Waals surface area contributed by atoms with Crippen molar-refractivity contribution in [3.63, 3.8) is 0 Å². The standard InChI is InChI=1S/C28H23ClN4O/c29-22-11-8-19(9-12-22)14-16-30-27(20-5-2-1-3-6-20)28(34)24-18-31-26-17-21(10-13-23(24)26)25-7-4-15-32-33-25/h1-13,15,17-18,27,30-31H,14,16H2/t27-/m0/s1. The molecular formula is C28H23ClN4O. The number of hydrogen-bond donors (Lipinski definition) is 2. The van der Waals surface area contributed by atoms with Crippen LogP contribution < -0.4 is 5.32 Å². The van der Waals surface area contributed by atoms with E-state index in [1.165, 1.54) is 5.56 Å². The summed E-state index contributed by atoms with van der Waals surface area (Å²) in [5, 5.41) is 13.2. The van der Waals surface area contributed by atoms with E-state index < -0.39 is 6.04 Å². The number of benzene rings is 3. The largest absolute Gasteiger partial charge is 0.360 e. The number of nitrogens with zero attached hydrogens (tertiary/aromatic N) is 2. The number of nitrogens with one attached hydrogen (secondary N) is 2. The first kappa shape index (κ1) is 22.0. The van der Waals surface area contributed by atoms with Crippen molar-refractivity contribution in [3.8, 4) is 11.3 Å². The molecule has 34 heavy (non-hydrogen) atoms. The molecular weight excluding hydrogens is 444 g/mol. The van der Waals surface area contributed by atoms with Gasteiger partial charge in [-0.1, -0.05) is 66.2 Å². The number of rotatable bonds is 8. The van der Waals surface area contributed by atoms with Crippen LogP contribution in [0.1, 0.15) is 27.5 Å². The van der Waals surface area contributed by atoms with E-state index in [9.17, 15) is 4.79 Å². The number of fused-ring (bicyclic) bond motifs is 1. The fourth-order valence-electron chi connectivity index (χ4n) is 4.12. The summed E-state index contributed by atoms with van der Waals surface area (Å²) in [7, 11) is 0. The number of aromatic nitrogens is 3. The zero-order chi connectivity index (χ0) is 23.3. The molecule has 3 aromatic carbocycles. The van der Waals surface area contributed by atoms with Gasteiger partial charge in [0.05, 0.1) is 11.7 Å². The lowest BCUT2D eigenvalue weighted by molar-refractivity contribution is 0.0945. The fraction of sp³-hybridized carbons (Fsp3) is 0.107. The summed E-state index contributed by atoms with van der Waals surface area (Å²) in [6.45, 7) is 0.659. The van der Waals surface area contributed by atoms with Crippen LogP contribution >= 0.6 is 11.6 Å². The van der Waals surface area contributed by atoms with Gasteiger partial charge in [0.2, 0.25) is 0 Å². The van der Waals surface area contributed by atoms with E-state index in [-0.39, 0.29) is 5.78 Å². The Morgan fingerprint density at radius 3 is 2.56 bits per heavy atom. The molecule has 0 aliphatic carbocycles. The van der Waals surface area contributed by atoms with Gasteiger partial charge in [-0.15, -0.1) is 0 Å². The van der Waals surface area contributed by atoms with Gasteiger partial charge in [0.1, 0.15) is 0 Å². The normalized spacial score (nSPS) is 12.0. The molecule has 0 saturated carbocycles. The first-order chi connectivity index (χ1) is 16.7. The fourth-order valence-corrected chi connectivity index (χ4v) is 4.25. The van der Waals surface area contributed by atoms with Crippen molar-refractivity contribution < 1.29 is 4.79 Å². The van der Waals surface area contributed by atoms with E-state index in [1.54, 1.807) is 12.4 Å². The number of carbonyl (C=O) groups is 1. The molecule has 0 fully saturated rings. The number of hydrogen-bond acceptors (Lipinski definition) is 4. The second-order valence-electron chi connectivity index (χ2n) is 8.11. The van der Waals surface area contributed by atoms with Crippen molar-refractivity contribution in [1.82, 2.24) is 20.5 Å². The van der Waals surface area contributed by atoms with Crippen molar-refractivity contribution in [2.45, 2.75) is 12.5 Å². The highest BCUT2D eigenvalue weighted by atomic mass is 35.5. The van der Waals surface area contributed by atoms with Crippen LogP contribution in [0.2, 0.25) is 5.02 Å². The van der Waals surface area contributed by atoms with Gasteiger partial charge >= 0.3 is 0 Å². The highest BCUT2D eigenvalue weighted by Crippen LogP contribution is 2.28. The molecule has 0 amide bonds. The predicted molar refractivity (Wildman–Crippen MR) is 136 cm³/mol. The van der Waals surface area contributed by atoms with Crippen molar-refractivity contribution in [1.29, 1.82) is 0 Å². The molecule has 2 aromatic heterocycles. The minimum atomic E-state index is -0.452. The van der Waals surface area contributed by atoms with Gasteiger partial charge in [0, 0.05) is 46.0 Å². The molecule has 0 bridgehead atoms. The molecule has 5 nitrogen and oxygen atoms in total. The van der Waals surface area contributed by atoms with Gasteiger partial charge in [-0.2, -0.15) is 10.2 Å². The maximum atomic E-state index is 13.7. The smallest absolute Gasteiger partial charge is 0.186 e. The number of Topliss-reactive ketones (excluding diaryl/α,β-unsaturated/α-hetero) is 1. The van der Waals surface area contributed by atoms with E-state index in [0.29, 0.717) is 12.1 Å².